The van der Waals surface area contributed by atoms with Crippen LogP contribution < -0.4 is 10.5 Å². The Morgan fingerprint density at radius 2 is 1.91 bits per heavy atom. The summed E-state index contributed by atoms with van der Waals surface area (Å²) in [5.41, 5.74) is 8.18. The SMILES string of the molecule is Cc1ccc(C(C)C)cc1OC(C)C(=O)N1CCC(N)CC1. The predicted molar refractivity (Wildman–Crippen MR) is 89.1 cm³/mol. The van der Waals surface area contributed by atoms with E-state index in [1.165, 1.54) is 5.56 Å². The molecule has 0 saturated carbocycles. The number of nitrogens with zero attached hydrogens (tertiary/aromatic N) is 1. The fraction of sp³-hybridized carbons (Fsp3) is 0.611. The molecule has 4 nitrogen and oxygen atoms in total. The molecule has 2 rings (SSSR count). The van der Waals surface area contributed by atoms with Crippen LogP contribution in [0.4, 0.5) is 0 Å². The first-order valence-corrected chi connectivity index (χ1v) is 8.20. The van der Waals surface area contributed by atoms with E-state index in [1.54, 1.807) is 0 Å². The van der Waals surface area contributed by atoms with Crippen LogP contribution in [0.3, 0.4) is 0 Å². The van der Waals surface area contributed by atoms with Crippen molar-refractivity contribution < 1.29 is 9.53 Å². The van der Waals surface area contributed by atoms with Gasteiger partial charge in [0.1, 0.15) is 5.75 Å². The largest absolute Gasteiger partial charge is 0.481 e. The van der Waals surface area contributed by atoms with Crippen LogP contribution in [-0.2, 0) is 4.79 Å². The van der Waals surface area contributed by atoms with Gasteiger partial charge < -0.3 is 15.4 Å². The highest BCUT2D eigenvalue weighted by Gasteiger charge is 2.26. The molecule has 1 unspecified atom stereocenters. The van der Waals surface area contributed by atoms with Crippen molar-refractivity contribution in [2.75, 3.05) is 13.1 Å². The molecule has 1 aromatic carbocycles. The van der Waals surface area contributed by atoms with E-state index in [4.69, 9.17) is 10.5 Å². The Morgan fingerprint density at radius 1 is 1.27 bits per heavy atom. The normalized spacial score (nSPS) is 17.6. The average Bonchev–Trinajstić information content (AvgIpc) is 2.49. The summed E-state index contributed by atoms with van der Waals surface area (Å²) < 4.78 is 5.96. The zero-order valence-electron chi connectivity index (χ0n) is 14.1. The fourth-order valence-corrected chi connectivity index (χ4v) is 2.72. The number of carbonyl (C=O) groups is 1. The van der Waals surface area contributed by atoms with Crippen LogP contribution in [0.15, 0.2) is 18.2 Å². The summed E-state index contributed by atoms with van der Waals surface area (Å²) >= 11 is 0. The second kappa shape index (κ2) is 7.14. The second-order valence-electron chi connectivity index (χ2n) is 6.60. The molecule has 1 fully saturated rings. The summed E-state index contributed by atoms with van der Waals surface area (Å²) in [5, 5.41) is 0. The Bertz CT molecular complexity index is 520. The highest BCUT2D eigenvalue weighted by Crippen LogP contribution is 2.25. The van der Waals surface area contributed by atoms with E-state index in [0.29, 0.717) is 5.92 Å². The van der Waals surface area contributed by atoms with Crippen LogP contribution in [0.2, 0.25) is 0 Å². The first-order valence-electron chi connectivity index (χ1n) is 8.20. The molecule has 1 aliphatic rings. The summed E-state index contributed by atoms with van der Waals surface area (Å²) in [5.74, 6) is 1.31. The lowest BCUT2D eigenvalue weighted by Gasteiger charge is -2.32. The zero-order valence-corrected chi connectivity index (χ0v) is 14.1. The van der Waals surface area contributed by atoms with Gasteiger partial charge in [0.2, 0.25) is 0 Å². The molecular weight excluding hydrogens is 276 g/mol. The van der Waals surface area contributed by atoms with Crippen LogP contribution in [0.1, 0.15) is 50.7 Å². The van der Waals surface area contributed by atoms with Crippen LogP contribution in [0.5, 0.6) is 5.75 Å². The standard InChI is InChI=1S/C18H28N2O2/c1-12(2)15-6-5-13(3)17(11-15)22-14(4)18(21)20-9-7-16(19)8-10-20/h5-6,11-12,14,16H,7-10,19H2,1-4H3. The van der Waals surface area contributed by atoms with Crippen molar-refractivity contribution in [3.8, 4) is 5.75 Å². The minimum atomic E-state index is -0.463. The van der Waals surface area contributed by atoms with E-state index < -0.39 is 6.10 Å². The van der Waals surface area contributed by atoms with Crippen molar-refractivity contribution >= 4 is 5.91 Å². The number of piperidine rings is 1. The summed E-state index contributed by atoms with van der Waals surface area (Å²) in [6.45, 7) is 9.62. The van der Waals surface area contributed by atoms with Crippen LogP contribution in [0, 0.1) is 6.92 Å². The molecule has 0 spiro atoms. The van der Waals surface area contributed by atoms with Crippen molar-refractivity contribution in [2.24, 2.45) is 5.73 Å². The molecule has 1 atom stereocenters. The summed E-state index contributed by atoms with van der Waals surface area (Å²) in [4.78, 5) is 14.4. The highest BCUT2D eigenvalue weighted by molar-refractivity contribution is 5.81. The van der Waals surface area contributed by atoms with Crippen LogP contribution in [0.25, 0.3) is 0 Å². The van der Waals surface area contributed by atoms with Crippen molar-refractivity contribution in [2.45, 2.75) is 58.6 Å². The Labute approximate surface area is 133 Å². The fourth-order valence-electron chi connectivity index (χ4n) is 2.72. The highest BCUT2D eigenvalue weighted by atomic mass is 16.5. The third-order valence-electron chi connectivity index (χ3n) is 4.38. The summed E-state index contributed by atoms with van der Waals surface area (Å²) in [7, 11) is 0. The first-order chi connectivity index (χ1) is 10.4. The number of carbonyl (C=O) groups excluding carboxylic acids is 1. The summed E-state index contributed by atoms with van der Waals surface area (Å²) in [6.07, 6.45) is 1.29. The lowest BCUT2D eigenvalue weighted by Crippen LogP contribution is -2.47. The van der Waals surface area contributed by atoms with Gasteiger partial charge in [0.25, 0.3) is 5.91 Å². The third kappa shape index (κ3) is 4.01. The van der Waals surface area contributed by atoms with Crippen LogP contribution in [-0.4, -0.2) is 36.0 Å². The Morgan fingerprint density at radius 3 is 2.50 bits per heavy atom. The van der Waals surface area contributed by atoms with Gasteiger partial charge in [-0.2, -0.15) is 0 Å². The molecule has 4 heteroatoms. The molecule has 0 bridgehead atoms. The zero-order chi connectivity index (χ0) is 16.3. The van der Waals surface area contributed by atoms with Gasteiger partial charge in [0.05, 0.1) is 0 Å². The number of likely N-dealkylation sites (tertiary alicyclic amines) is 1. The molecule has 1 amide bonds. The maximum atomic E-state index is 12.5. The summed E-state index contributed by atoms with van der Waals surface area (Å²) in [6, 6.07) is 6.45. The smallest absolute Gasteiger partial charge is 0.263 e. The lowest BCUT2D eigenvalue weighted by atomic mass is 10.0. The second-order valence-corrected chi connectivity index (χ2v) is 6.60. The first kappa shape index (κ1) is 16.8. The quantitative estimate of drug-likeness (QED) is 0.930. The average molecular weight is 304 g/mol. The number of rotatable bonds is 4. The molecule has 1 aliphatic heterocycles. The van der Waals surface area contributed by atoms with Crippen molar-refractivity contribution in [1.82, 2.24) is 4.90 Å². The molecule has 1 aromatic rings. The number of nitrogens with two attached hydrogens (primary N) is 1. The Hall–Kier alpha value is -1.55. The number of ether oxygens (including phenoxy) is 1. The van der Waals surface area contributed by atoms with Gasteiger partial charge in [-0.25, -0.2) is 0 Å². The molecule has 0 aliphatic carbocycles. The Balaban J connectivity index is 2.03. The van der Waals surface area contributed by atoms with Gasteiger partial charge >= 0.3 is 0 Å². The topological polar surface area (TPSA) is 55.6 Å². The Kier molecular flexibility index (Phi) is 5.46. The molecular formula is C18H28N2O2. The van der Waals surface area contributed by atoms with Gasteiger partial charge in [0.15, 0.2) is 6.10 Å². The number of aryl methyl sites for hydroxylation is 1. The van der Waals surface area contributed by atoms with Crippen molar-refractivity contribution in [3.63, 3.8) is 0 Å². The minimum Gasteiger partial charge on any atom is -0.481 e. The van der Waals surface area contributed by atoms with Gasteiger partial charge in [0, 0.05) is 19.1 Å². The third-order valence-corrected chi connectivity index (χ3v) is 4.38. The van der Waals surface area contributed by atoms with Crippen molar-refractivity contribution in [3.05, 3.63) is 29.3 Å². The van der Waals surface area contributed by atoms with E-state index in [0.717, 1.165) is 37.2 Å². The number of amides is 1. The molecule has 122 valence electrons. The van der Waals surface area contributed by atoms with Crippen molar-refractivity contribution in [1.29, 1.82) is 0 Å². The number of benzene rings is 1. The van der Waals surface area contributed by atoms with Crippen LogP contribution >= 0.6 is 0 Å². The van der Waals surface area contributed by atoms with E-state index in [9.17, 15) is 4.79 Å². The van der Waals surface area contributed by atoms with E-state index in [1.807, 2.05) is 18.7 Å². The number of hydrogen-bond acceptors (Lipinski definition) is 3. The molecule has 2 N–H and O–H groups in total. The van der Waals surface area contributed by atoms with Gasteiger partial charge in [-0.05, 0) is 49.8 Å². The molecule has 0 radical (unpaired) electrons. The molecule has 22 heavy (non-hydrogen) atoms. The maximum absolute atomic E-state index is 12.5. The van der Waals surface area contributed by atoms with E-state index >= 15 is 0 Å². The van der Waals surface area contributed by atoms with E-state index in [-0.39, 0.29) is 11.9 Å². The molecule has 0 aromatic heterocycles. The van der Waals surface area contributed by atoms with E-state index in [2.05, 4.69) is 32.0 Å². The minimum absolute atomic E-state index is 0.0567. The maximum Gasteiger partial charge on any atom is 0.263 e. The van der Waals surface area contributed by atoms with Gasteiger partial charge in [-0.1, -0.05) is 26.0 Å². The predicted octanol–water partition coefficient (Wildman–Crippen LogP) is 2.84. The lowest BCUT2D eigenvalue weighted by molar-refractivity contribution is -0.139. The van der Waals surface area contributed by atoms with Gasteiger partial charge in [-0.3, -0.25) is 4.79 Å². The van der Waals surface area contributed by atoms with Gasteiger partial charge in [-0.15, -0.1) is 0 Å². The molecule has 1 heterocycles. The molecule has 1 saturated heterocycles. The number of hydrogen-bond donors (Lipinski definition) is 1. The monoisotopic (exact) mass is 304 g/mol.